The molecule has 19 heavy (non-hydrogen) atoms. The minimum absolute atomic E-state index is 0. The second-order valence-corrected chi connectivity index (χ2v) is 7.75. The molecule has 6 heteroatoms. The highest BCUT2D eigenvalue weighted by Gasteiger charge is 2.26. The summed E-state index contributed by atoms with van der Waals surface area (Å²) < 4.78 is 27.0. The molecule has 0 aromatic rings. The quantitative estimate of drug-likeness (QED) is 0.817. The van der Waals surface area contributed by atoms with Crippen molar-refractivity contribution in [2.24, 2.45) is 5.92 Å². The lowest BCUT2D eigenvalue weighted by Crippen LogP contribution is -2.38. The second-order valence-electron chi connectivity index (χ2n) is 5.70. The van der Waals surface area contributed by atoms with Gasteiger partial charge in [-0.2, -0.15) is 0 Å². The molecule has 114 valence electrons. The lowest BCUT2D eigenvalue weighted by Gasteiger charge is -2.24. The molecule has 1 saturated heterocycles. The van der Waals surface area contributed by atoms with E-state index < -0.39 is 10.0 Å². The summed E-state index contributed by atoms with van der Waals surface area (Å²) in [7, 11) is -3.05. The largest absolute Gasteiger partial charge is 0.316 e. The van der Waals surface area contributed by atoms with Gasteiger partial charge in [0.1, 0.15) is 0 Å². The molecule has 0 radical (unpaired) electrons. The number of nitrogens with one attached hydrogen (secondary N) is 2. The van der Waals surface area contributed by atoms with Crippen molar-refractivity contribution in [3.8, 4) is 0 Å². The van der Waals surface area contributed by atoms with Gasteiger partial charge in [-0.3, -0.25) is 0 Å². The maximum absolute atomic E-state index is 12.1. The molecule has 2 N–H and O–H groups in total. The first-order chi connectivity index (χ1) is 8.68. The maximum Gasteiger partial charge on any atom is 0.214 e. The Morgan fingerprint density at radius 2 is 1.79 bits per heavy atom. The molecule has 0 amide bonds. The highest BCUT2D eigenvalue weighted by atomic mass is 35.5. The van der Waals surface area contributed by atoms with Crippen LogP contribution < -0.4 is 10.0 Å². The van der Waals surface area contributed by atoms with Crippen LogP contribution in [0.25, 0.3) is 0 Å². The van der Waals surface area contributed by atoms with Crippen LogP contribution in [-0.4, -0.2) is 33.3 Å². The Bertz CT molecular complexity index is 337. The van der Waals surface area contributed by atoms with Gasteiger partial charge in [-0.05, 0) is 51.1 Å². The molecule has 1 atom stereocenters. The maximum atomic E-state index is 12.1. The summed E-state index contributed by atoms with van der Waals surface area (Å²) in [5, 5.41) is 3.24. The Kier molecular flexibility index (Phi) is 7.65. The smallest absolute Gasteiger partial charge is 0.214 e. The molecule has 0 aromatic carbocycles. The van der Waals surface area contributed by atoms with Crippen molar-refractivity contribution in [3.63, 3.8) is 0 Å². The van der Waals surface area contributed by atoms with Crippen molar-refractivity contribution in [1.29, 1.82) is 0 Å². The zero-order valence-corrected chi connectivity index (χ0v) is 13.2. The fourth-order valence-electron chi connectivity index (χ4n) is 3.07. The number of rotatable bonds is 5. The van der Waals surface area contributed by atoms with E-state index in [0.29, 0.717) is 12.5 Å². The minimum atomic E-state index is -3.05. The fourth-order valence-corrected chi connectivity index (χ4v) is 4.66. The molecule has 1 unspecified atom stereocenters. The molecule has 4 nitrogen and oxygen atoms in total. The Balaban J connectivity index is 0.00000180. The Hall–Kier alpha value is 0.160. The third kappa shape index (κ3) is 5.58. The van der Waals surface area contributed by atoms with Gasteiger partial charge in [0.05, 0.1) is 5.25 Å². The molecule has 2 aliphatic rings. The summed E-state index contributed by atoms with van der Waals surface area (Å²) >= 11 is 0. The van der Waals surface area contributed by atoms with Crippen LogP contribution in [0, 0.1) is 5.92 Å². The summed E-state index contributed by atoms with van der Waals surface area (Å²) in [6.07, 6.45) is 8.45. The van der Waals surface area contributed by atoms with E-state index >= 15 is 0 Å². The molecule has 1 saturated carbocycles. The van der Waals surface area contributed by atoms with Crippen LogP contribution >= 0.6 is 12.4 Å². The van der Waals surface area contributed by atoms with E-state index in [1.165, 1.54) is 19.3 Å². The topological polar surface area (TPSA) is 58.2 Å². The van der Waals surface area contributed by atoms with Gasteiger partial charge in [0.15, 0.2) is 0 Å². The second kappa shape index (κ2) is 8.45. The Morgan fingerprint density at radius 1 is 1.05 bits per heavy atom. The third-order valence-electron chi connectivity index (χ3n) is 4.25. The van der Waals surface area contributed by atoms with Crippen LogP contribution in [0.2, 0.25) is 0 Å². The molecule has 1 aliphatic carbocycles. The Labute approximate surface area is 123 Å². The van der Waals surface area contributed by atoms with Crippen LogP contribution in [0.5, 0.6) is 0 Å². The standard InChI is InChI=1S/C13H26N2O2S.ClH/c16-18(17,13-6-2-1-3-7-13)15-10-8-12-5-4-9-14-11-12;/h12-15H,1-11H2;1H. The number of piperidine rings is 1. The molecular weight excluding hydrogens is 284 g/mol. The Morgan fingerprint density at radius 3 is 2.42 bits per heavy atom. The predicted molar refractivity (Wildman–Crippen MR) is 81.3 cm³/mol. The summed E-state index contributed by atoms with van der Waals surface area (Å²) in [5.41, 5.74) is 0. The van der Waals surface area contributed by atoms with Crippen LogP contribution in [-0.2, 0) is 10.0 Å². The van der Waals surface area contributed by atoms with Crippen molar-refractivity contribution in [2.75, 3.05) is 19.6 Å². The first-order valence-corrected chi connectivity index (χ1v) is 8.92. The van der Waals surface area contributed by atoms with E-state index in [-0.39, 0.29) is 17.7 Å². The molecular formula is C13H27ClN2O2S. The van der Waals surface area contributed by atoms with Crippen molar-refractivity contribution >= 4 is 22.4 Å². The van der Waals surface area contributed by atoms with E-state index in [0.717, 1.165) is 45.2 Å². The summed E-state index contributed by atoms with van der Waals surface area (Å²) in [4.78, 5) is 0. The molecule has 1 aliphatic heterocycles. The van der Waals surface area contributed by atoms with Crippen LogP contribution in [0.15, 0.2) is 0 Å². The highest BCUT2D eigenvalue weighted by molar-refractivity contribution is 7.90. The van der Waals surface area contributed by atoms with Gasteiger partial charge in [0, 0.05) is 6.54 Å². The normalized spacial score (nSPS) is 25.8. The van der Waals surface area contributed by atoms with Gasteiger partial charge in [-0.1, -0.05) is 19.3 Å². The van der Waals surface area contributed by atoms with Gasteiger partial charge < -0.3 is 5.32 Å². The summed E-state index contributed by atoms with van der Waals surface area (Å²) in [6.45, 7) is 2.78. The van der Waals surface area contributed by atoms with Crippen molar-refractivity contribution in [3.05, 3.63) is 0 Å². The summed E-state index contributed by atoms with van der Waals surface area (Å²) in [5.74, 6) is 0.646. The van der Waals surface area contributed by atoms with E-state index in [4.69, 9.17) is 0 Å². The van der Waals surface area contributed by atoms with Crippen molar-refractivity contribution < 1.29 is 8.42 Å². The summed E-state index contributed by atoms with van der Waals surface area (Å²) in [6, 6.07) is 0. The molecule has 0 aromatic heterocycles. The molecule has 0 spiro atoms. The van der Waals surface area contributed by atoms with Crippen LogP contribution in [0.1, 0.15) is 51.4 Å². The minimum Gasteiger partial charge on any atom is -0.316 e. The average Bonchev–Trinajstić information content (AvgIpc) is 2.41. The zero-order chi connectivity index (χ0) is 12.8. The van der Waals surface area contributed by atoms with Gasteiger partial charge in [0.25, 0.3) is 0 Å². The zero-order valence-electron chi connectivity index (χ0n) is 11.6. The monoisotopic (exact) mass is 310 g/mol. The molecule has 2 rings (SSSR count). The first kappa shape index (κ1) is 17.2. The van der Waals surface area contributed by atoms with E-state index in [1.807, 2.05) is 0 Å². The predicted octanol–water partition coefficient (Wildman–Crippen LogP) is 2.05. The average molecular weight is 311 g/mol. The van der Waals surface area contributed by atoms with Gasteiger partial charge in [0.2, 0.25) is 10.0 Å². The van der Waals surface area contributed by atoms with Crippen LogP contribution in [0.4, 0.5) is 0 Å². The number of halogens is 1. The number of hydrogen-bond acceptors (Lipinski definition) is 3. The number of sulfonamides is 1. The SMILES string of the molecule is Cl.O=S(=O)(NCCC1CCCNC1)C1CCCCC1. The molecule has 1 heterocycles. The van der Waals surface area contributed by atoms with E-state index in [2.05, 4.69) is 10.0 Å². The number of hydrogen-bond donors (Lipinski definition) is 2. The first-order valence-electron chi connectivity index (χ1n) is 7.38. The lowest BCUT2D eigenvalue weighted by molar-refractivity contribution is 0.357. The molecule has 0 bridgehead atoms. The van der Waals surface area contributed by atoms with Crippen molar-refractivity contribution in [1.82, 2.24) is 10.0 Å². The third-order valence-corrected chi connectivity index (χ3v) is 6.20. The fraction of sp³-hybridized carbons (Fsp3) is 1.00. The van der Waals surface area contributed by atoms with Crippen LogP contribution in [0.3, 0.4) is 0 Å². The van der Waals surface area contributed by atoms with Crippen molar-refractivity contribution in [2.45, 2.75) is 56.6 Å². The highest BCUT2D eigenvalue weighted by Crippen LogP contribution is 2.23. The lowest BCUT2D eigenvalue weighted by atomic mass is 9.96. The van der Waals surface area contributed by atoms with Gasteiger partial charge in [-0.25, -0.2) is 13.1 Å². The molecule has 2 fully saturated rings. The van der Waals surface area contributed by atoms with Gasteiger partial charge in [-0.15, -0.1) is 12.4 Å². The van der Waals surface area contributed by atoms with E-state index in [1.54, 1.807) is 0 Å². The van der Waals surface area contributed by atoms with E-state index in [9.17, 15) is 8.42 Å². The van der Waals surface area contributed by atoms with Gasteiger partial charge >= 0.3 is 0 Å².